The summed E-state index contributed by atoms with van der Waals surface area (Å²) < 4.78 is 10.7. The van der Waals surface area contributed by atoms with Crippen LogP contribution < -0.4 is 0 Å². The van der Waals surface area contributed by atoms with Gasteiger partial charge in [0.15, 0.2) is 0 Å². The zero-order valence-corrected chi connectivity index (χ0v) is 15.7. The van der Waals surface area contributed by atoms with E-state index in [1.165, 1.54) is 24.5 Å². The minimum absolute atomic E-state index is 0.142. The summed E-state index contributed by atoms with van der Waals surface area (Å²) >= 11 is 7.91. The third kappa shape index (κ3) is 5.29. The molecule has 0 bridgehead atoms. The van der Waals surface area contributed by atoms with Crippen LogP contribution in [0.5, 0.6) is 0 Å². The van der Waals surface area contributed by atoms with Crippen molar-refractivity contribution in [2.75, 3.05) is 33.9 Å². The monoisotopic (exact) mass is 381 g/mol. The van der Waals surface area contributed by atoms with E-state index in [0.717, 1.165) is 15.0 Å². The first-order chi connectivity index (χ1) is 12.1. The van der Waals surface area contributed by atoms with Crippen LogP contribution in [0, 0.1) is 0 Å². The molecule has 25 heavy (non-hydrogen) atoms. The van der Waals surface area contributed by atoms with Crippen LogP contribution >= 0.6 is 22.9 Å². The lowest BCUT2D eigenvalue weighted by molar-refractivity contribution is -0.141. The summed E-state index contributed by atoms with van der Waals surface area (Å²) in [6, 6.07) is 7.83. The van der Waals surface area contributed by atoms with Crippen molar-refractivity contribution < 1.29 is 19.1 Å². The molecule has 5 nitrogen and oxygen atoms in total. The second-order valence-electron chi connectivity index (χ2n) is 5.25. The second kappa shape index (κ2) is 9.56. The number of esters is 1. The van der Waals surface area contributed by atoms with Crippen molar-refractivity contribution in [2.45, 2.75) is 6.42 Å². The van der Waals surface area contributed by atoms with Gasteiger partial charge in [0.25, 0.3) is 0 Å². The van der Waals surface area contributed by atoms with Crippen molar-refractivity contribution in [1.29, 1.82) is 0 Å². The van der Waals surface area contributed by atoms with Gasteiger partial charge in [0.2, 0.25) is 5.91 Å². The van der Waals surface area contributed by atoms with E-state index in [4.69, 9.17) is 16.3 Å². The van der Waals surface area contributed by atoms with Gasteiger partial charge in [-0.15, -0.1) is 11.3 Å². The van der Waals surface area contributed by atoms with Gasteiger partial charge in [0.05, 0.1) is 25.2 Å². The van der Waals surface area contributed by atoms with Crippen LogP contribution in [0.1, 0.15) is 11.3 Å². The third-order valence-corrected chi connectivity index (χ3v) is 5.28. The van der Waals surface area contributed by atoms with Gasteiger partial charge < -0.3 is 14.4 Å². The molecule has 2 rings (SSSR count). The maximum Gasteiger partial charge on any atom is 0.307 e. The molecule has 0 N–H and O–H groups in total. The SMILES string of the molecule is COCCN(CCC(=O)OC)C(=O)C=Cc1sc2ccccc2c1Cl. The highest BCUT2D eigenvalue weighted by molar-refractivity contribution is 7.20. The molecule has 0 atom stereocenters. The number of fused-ring (bicyclic) bond motifs is 1. The first-order valence-corrected chi connectivity index (χ1v) is 8.96. The maximum absolute atomic E-state index is 12.4. The van der Waals surface area contributed by atoms with Crippen LogP contribution in [-0.4, -0.2) is 50.7 Å². The van der Waals surface area contributed by atoms with E-state index in [0.29, 0.717) is 18.2 Å². The van der Waals surface area contributed by atoms with Crippen LogP contribution in [0.4, 0.5) is 0 Å². The highest BCUT2D eigenvalue weighted by atomic mass is 35.5. The Balaban J connectivity index is 2.10. The number of carbonyl (C=O) groups excluding carboxylic acids is 2. The first kappa shape index (κ1) is 19.4. The fourth-order valence-corrected chi connectivity index (χ4v) is 3.65. The van der Waals surface area contributed by atoms with E-state index in [9.17, 15) is 9.59 Å². The molecular formula is C18H20ClNO4S. The second-order valence-corrected chi connectivity index (χ2v) is 6.72. The zero-order valence-electron chi connectivity index (χ0n) is 14.2. The van der Waals surface area contributed by atoms with E-state index >= 15 is 0 Å². The Morgan fingerprint density at radius 2 is 2.00 bits per heavy atom. The van der Waals surface area contributed by atoms with Crippen molar-refractivity contribution in [3.8, 4) is 0 Å². The fraction of sp³-hybridized carbons (Fsp3) is 0.333. The average molecular weight is 382 g/mol. The number of amides is 1. The van der Waals surface area contributed by atoms with Crippen LogP contribution in [0.3, 0.4) is 0 Å². The Kier molecular flexibility index (Phi) is 7.43. The largest absolute Gasteiger partial charge is 0.469 e. The van der Waals surface area contributed by atoms with Crippen molar-refractivity contribution >= 4 is 51.0 Å². The first-order valence-electron chi connectivity index (χ1n) is 7.76. The predicted octanol–water partition coefficient (Wildman–Crippen LogP) is 3.61. The smallest absolute Gasteiger partial charge is 0.307 e. The molecule has 0 fully saturated rings. The highest BCUT2D eigenvalue weighted by Crippen LogP contribution is 2.35. The molecule has 1 aromatic heterocycles. The molecular weight excluding hydrogens is 362 g/mol. The molecule has 0 spiro atoms. The molecule has 0 aliphatic rings. The molecule has 0 saturated carbocycles. The number of halogens is 1. The van der Waals surface area contributed by atoms with Gasteiger partial charge in [0.1, 0.15) is 0 Å². The topological polar surface area (TPSA) is 55.8 Å². The molecule has 1 aromatic carbocycles. The van der Waals surface area contributed by atoms with E-state index in [-0.39, 0.29) is 24.8 Å². The number of methoxy groups -OCH3 is 2. The Morgan fingerprint density at radius 3 is 2.68 bits per heavy atom. The molecule has 0 unspecified atom stereocenters. The molecule has 0 aliphatic carbocycles. The van der Waals surface area contributed by atoms with Crippen LogP contribution in [0.25, 0.3) is 16.2 Å². The van der Waals surface area contributed by atoms with Crippen molar-refractivity contribution in [1.82, 2.24) is 4.90 Å². The van der Waals surface area contributed by atoms with E-state index in [2.05, 4.69) is 4.74 Å². The lowest BCUT2D eigenvalue weighted by Gasteiger charge is -2.20. The Labute approximate surface area is 155 Å². The van der Waals surface area contributed by atoms with E-state index in [1.54, 1.807) is 18.1 Å². The summed E-state index contributed by atoms with van der Waals surface area (Å²) in [6.07, 6.45) is 3.33. The van der Waals surface area contributed by atoms with E-state index < -0.39 is 0 Å². The standard InChI is InChI=1S/C18H20ClNO4S/c1-23-12-11-20(10-9-17(22)24-2)16(21)8-7-15-18(19)13-5-3-4-6-14(13)25-15/h3-8H,9-12H2,1-2H3. The van der Waals surface area contributed by atoms with Gasteiger partial charge in [-0.05, 0) is 12.1 Å². The summed E-state index contributed by atoms with van der Waals surface area (Å²) in [5.74, 6) is -0.554. The van der Waals surface area contributed by atoms with E-state index in [1.807, 2.05) is 24.3 Å². The lowest BCUT2D eigenvalue weighted by atomic mass is 10.2. The summed E-state index contributed by atoms with van der Waals surface area (Å²) in [6.45, 7) is 1.07. The highest BCUT2D eigenvalue weighted by Gasteiger charge is 2.14. The molecule has 0 aliphatic heterocycles. The van der Waals surface area contributed by atoms with Gasteiger partial charge in [-0.2, -0.15) is 0 Å². The average Bonchev–Trinajstić information content (AvgIpc) is 2.95. The molecule has 1 amide bonds. The van der Waals surface area contributed by atoms with Crippen LogP contribution in [-0.2, 0) is 19.1 Å². The van der Waals surface area contributed by atoms with Crippen molar-refractivity contribution in [2.24, 2.45) is 0 Å². The maximum atomic E-state index is 12.4. The van der Waals surface area contributed by atoms with Crippen molar-refractivity contribution in [3.63, 3.8) is 0 Å². The number of carbonyl (C=O) groups is 2. The van der Waals surface area contributed by atoms with Gasteiger partial charge in [0, 0.05) is 41.2 Å². The summed E-state index contributed by atoms with van der Waals surface area (Å²) in [5, 5.41) is 1.62. The van der Waals surface area contributed by atoms with Crippen LogP contribution in [0.2, 0.25) is 5.02 Å². The third-order valence-electron chi connectivity index (χ3n) is 3.63. The Morgan fingerprint density at radius 1 is 1.24 bits per heavy atom. The number of thiophene rings is 1. The summed E-state index contributed by atoms with van der Waals surface area (Å²) in [7, 11) is 2.89. The number of hydrogen-bond acceptors (Lipinski definition) is 5. The molecule has 1 heterocycles. The van der Waals surface area contributed by atoms with Crippen LogP contribution in [0.15, 0.2) is 30.3 Å². The zero-order chi connectivity index (χ0) is 18.2. The predicted molar refractivity (Wildman–Crippen MR) is 101 cm³/mol. The number of ether oxygens (including phenoxy) is 2. The normalized spacial score (nSPS) is 11.2. The van der Waals surface area contributed by atoms with Gasteiger partial charge in [-0.3, -0.25) is 9.59 Å². The molecule has 7 heteroatoms. The van der Waals surface area contributed by atoms with Gasteiger partial charge in [-0.25, -0.2) is 0 Å². The number of nitrogens with zero attached hydrogens (tertiary/aromatic N) is 1. The minimum atomic E-state index is -0.355. The number of benzene rings is 1. The Hall–Kier alpha value is -1.89. The minimum Gasteiger partial charge on any atom is -0.469 e. The fourth-order valence-electron chi connectivity index (χ4n) is 2.25. The lowest BCUT2D eigenvalue weighted by Crippen LogP contribution is -2.34. The summed E-state index contributed by atoms with van der Waals surface area (Å²) in [5.41, 5.74) is 0. The Bertz CT molecular complexity index is 772. The molecule has 2 aromatic rings. The number of hydrogen-bond donors (Lipinski definition) is 0. The quantitative estimate of drug-likeness (QED) is 0.517. The van der Waals surface area contributed by atoms with Crippen molar-refractivity contribution in [3.05, 3.63) is 40.2 Å². The number of rotatable bonds is 8. The van der Waals surface area contributed by atoms with Gasteiger partial charge in [-0.1, -0.05) is 29.8 Å². The molecule has 0 saturated heterocycles. The molecule has 0 radical (unpaired) electrons. The van der Waals surface area contributed by atoms with Gasteiger partial charge >= 0.3 is 5.97 Å². The summed E-state index contributed by atoms with van der Waals surface area (Å²) in [4.78, 5) is 26.1. The molecule has 134 valence electrons.